The molecule has 5 rings (SSSR count). The van der Waals surface area contributed by atoms with Gasteiger partial charge in [0.05, 0.1) is 17.4 Å². The summed E-state index contributed by atoms with van der Waals surface area (Å²) in [5.74, 6) is 0.336. The normalized spacial score (nSPS) is 11.4. The molecule has 32 heavy (non-hydrogen) atoms. The fourth-order valence-corrected chi connectivity index (χ4v) is 4.41. The first kappa shape index (κ1) is 20.1. The third-order valence-electron chi connectivity index (χ3n) is 5.70. The van der Waals surface area contributed by atoms with Crippen LogP contribution in [0, 0.1) is 0 Å². The van der Waals surface area contributed by atoms with Crippen LogP contribution >= 0.6 is 0 Å². The molecule has 0 aliphatic carbocycles. The molecule has 0 radical (unpaired) electrons. The quantitative estimate of drug-likeness (QED) is 0.319. The van der Waals surface area contributed by atoms with Crippen LogP contribution < -0.4 is 4.65 Å². The van der Waals surface area contributed by atoms with Gasteiger partial charge in [-0.2, -0.15) is 0 Å². The van der Waals surface area contributed by atoms with Crippen molar-refractivity contribution in [2.75, 3.05) is 0 Å². The van der Waals surface area contributed by atoms with Crippen LogP contribution in [0.4, 0.5) is 0 Å². The molecule has 1 aromatic heterocycles. The van der Waals surface area contributed by atoms with Crippen molar-refractivity contribution < 1.29 is 14.7 Å². The van der Waals surface area contributed by atoms with Gasteiger partial charge in [-0.3, -0.25) is 0 Å². The van der Waals surface area contributed by atoms with Gasteiger partial charge in [-0.25, -0.2) is 4.98 Å². The average Bonchev–Trinajstić information content (AvgIpc) is 3.25. The fourth-order valence-electron chi connectivity index (χ4n) is 4.41. The van der Waals surface area contributed by atoms with Gasteiger partial charge in [0.2, 0.25) is 0 Å². The van der Waals surface area contributed by atoms with Crippen molar-refractivity contribution in [1.82, 2.24) is 9.55 Å². The van der Waals surface area contributed by atoms with E-state index in [0.717, 1.165) is 22.2 Å². The molecule has 0 fully saturated rings. The lowest BCUT2D eigenvalue weighted by atomic mass is 9.76. The number of nitrogens with zero attached hydrogens (tertiary/aromatic N) is 2. The van der Waals surface area contributed by atoms with E-state index < -0.39 is 12.9 Å². The Hall–Kier alpha value is -3.87. The molecule has 0 saturated heterocycles. The number of hydrogen-bond donors (Lipinski definition) is 2. The van der Waals surface area contributed by atoms with E-state index in [0.29, 0.717) is 11.3 Å². The molecule has 1 heterocycles. The van der Waals surface area contributed by atoms with E-state index in [-0.39, 0.29) is 0 Å². The number of fused-ring (bicyclic) bond motifs is 1. The first-order chi connectivity index (χ1) is 15.7. The Labute approximate surface area is 186 Å². The molecule has 0 bridgehead atoms. The van der Waals surface area contributed by atoms with Gasteiger partial charge in [0.15, 0.2) is 0 Å². The molecule has 5 aromatic rings. The predicted octanol–water partition coefficient (Wildman–Crippen LogP) is 4.22. The second kappa shape index (κ2) is 8.34. The monoisotopic (exact) mass is 420 g/mol. The SMILES string of the molecule is OB(O)Oc1ccc2c(c1)ncn2C(c1ccccc1)(c1ccccc1)c1ccccc1. The number of aromatic nitrogens is 2. The van der Waals surface area contributed by atoms with E-state index in [1.54, 1.807) is 12.1 Å². The second-order valence-electron chi connectivity index (χ2n) is 7.52. The van der Waals surface area contributed by atoms with Crippen molar-refractivity contribution in [3.8, 4) is 5.75 Å². The summed E-state index contributed by atoms with van der Waals surface area (Å²) in [6.45, 7) is 0. The molecule has 4 aromatic carbocycles. The maximum atomic E-state index is 9.17. The summed E-state index contributed by atoms with van der Waals surface area (Å²) >= 11 is 0. The lowest BCUT2D eigenvalue weighted by Gasteiger charge is -2.38. The molecule has 0 spiro atoms. The standard InChI is InChI=1S/C26H21BN2O3/c30-27(31)32-23-16-17-25-24(18-23)28-19-29(25)26(20-10-4-1-5-11-20,21-12-6-2-7-13-21)22-14-8-3-9-15-22/h1-19,30-31H. The van der Waals surface area contributed by atoms with Crippen LogP contribution in [0.2, 0.25) is 0 Å². The Kier molecular flexibility index (Phi) is 5.23. The first-order valence-corrected chi connectivity index (χ1v) is 10.4. The van der Waals surface area contributed by atoms with Crippen LogP contribution in [0.1, 0.15) is 16.7 Å². The van der Waals surface area contributed by atoms with Crippen molar-refractivity contribution in [2.24, 2.45) is 0 Å². The molecule has 5 nitrogen and oxygen atoms in total. The Morgan fingerprint density at radius 1 is 0.688 bits per heavy atom. The Bertz CT molecular complexity index is 1230. The maximum Gasteiger partial charge on any atom is 0.707 e. The lowest BCUT2D eigenvalue weighted by molar-refractivity contribution is 0.288. The second-order valence-corrected chi connectivity index (χ2v) is 7.52. The summed E-state index contributed by atoms with van der Waals surface area (Å²) in [4.78, 5) is 4.65. The highest BCUT2D eigenvalue weighted by Gasteiger charge is 2.39. The van der Waals surface area contributed by atoms with Gasteiger partial charge < -0.3 is 19.3 Å². The Balaban J connectivity index is 1.85. The van der Waals surface area contributed by atoms with Crippen LogP contribution in [-0.4, -0.2) is 26.9 Å². The van der Waals surface area contributed by atoms with E-state index in [2.05, 4.69) is 45.9 Å². The van der Waals surface area contributed by atoms with Crippen molar-refractivity contribution >= 4 is 18.4 Å². The number of hydrogen-bond acceptors (Lipinski definition) is 4. The smallest absolute Gasteiger partial charge is 0.512 e. The van der Waals surface area contributed by atoms with Crippen LogP contribution in [0.3, 0.4) is 0 Å². The molecule has 0 aliphatic heterocycles. The summed E-state index contributed by atoms with van der Waals surface area (Å²) < 4.78 is 7.20. The molecule has 6 heteroatoms. The van der Waals surface area contributed by atoms with Crippen molar-refractivity contribution in [3.05, 3.63) is 132 Å². The van der Waals surface area contributed by atoms with Crippen LogP contribution in [0.5, 0.6) is 5.75 Å². The van der Waals surface area contributed by atoms with Gasteiger partial charge in [0.1, 0.15) is 11.3 Å². The fraction of sp³-hybridized carbons (Fsp3) is 0.0385. The van der Waals surface area contributed by atoms with Crippen LogP contribution in [0.25, 0.3) is 11.0 Å². The van der Waals surface area contributed by atoms with Crippen molar-refractivity contribution in [1.29, 1.82) is 0 Å². The van der Waals surface area contributed by atoms with Crippen molar-refractivity contribution in [3.63, 3.8) is 0 Å². The molecule has 0 atom stereocenters. The van der Waals surface area contributed by atoms with Crippen molar-refractivity contribution in [2.45, 2.75) is 5.54 Å². The third kappa shape index (κ3) is 3.36. The summed E-state index contributed by atoms with van der Waals surface area (Å²) in [5.41, 5.74) is 4.21. The Morgan fingerprint density at radius 3 is 1.66 bits per heavy atom. The molecule has 0 aliphatic rings. The van der Waals surface area contributed by atoms with Gasteiger partial charge in [-0.05, 0) is 28.8 Å². The Morgan fingerprint density at radius 2 is 1.19 bits per heavy atom. The minimum Gasteiger partial charge on any atom is -0.512 e. The molecule has 0 saturated carbocycles. The number of imidazole rings is 1. The molecular formula is C26H21BN2O3. The highest BCUT2D eigenvalue weighted by molar-refractivity contribution is 6.33. The van der Waals surface area contributed by atoms with Gasteiger partial charge in [0, 0.05) is 6.07 Å². The lowest BCUT2D eigenvalue weighted by Crippen LogP contribution is -2.37. The zero-order chi connectivity index (χ0) is 22.0. The van der Waals surface area contributed by atoms with E-state index in [1.807, 2.05) is 67.0 Å². The van der Waals surface area contributed by atoms with Crippen LogP contribution in [-0.2, 0) is 5.54 Å². The molecular weight excluding hydrogens is 399 g/mol. The predicted molar refractivity (Wildman–Crippen MR) is 125 cm³/mol. The highest BCUT2D eigenvalue weighted by atomic mass is 16.6. The summed E-state index contributed by atoms with van der Waals surface area (Å²) in [6.07, 6.45) is 1.83. The zero-order valence-corrected chi connectivity index (χ0v) is 17.2. The van der Waals surface area contributed by atoms with E-state index in [4.69, 9.17) is 14.7 Å². The van der Waals surface area contributed by atoms with E-state index in [9.17, 15) is 0 Å². The zero-order valence-electron chi connectivity index (χ0n) is 17.2. The molecule has 0 amide bonds. The van der Waals surface area contributed by atoms with E-state index in [1.165, 1.54) is 0 Å². The van der Waals surface area contributed by atoms with Gasteiger partial charge >= 0.3 is 7.32 Å². The van der Waals surface area contributed by atoms with Crippen LogP contribution in [0.15, 0.2) is 116 Å². The minimum atomic E-state index is -1.88. The summed E-state index contributed by atoms with van der Waals surface area (Å²) in [6, 6.07) is 36.4. The van der Waals surface area contributed by atoms with E-state index >= 15 is 0 Å². The van der Waals surface area contributed by atoms with Gasteiger partial charge in [-0.15, -0.1) is 0 Å². The molecule has 0 unspecified atom stereocenters. The minimum absolute atomic E-state index is 0.336. The topological polar surface area (TPSA) is 67.5 Å². The molecule has 156 valence electrons. The third-order valence-corrected chi connectivity index (χ3v) is 5.70. The average molecular weight is 420 g/mol. The molecule has 2 N–H and O–H groups in total. The summed E-state index contributed by atoms with van der Waals surface area (Å²) in [5, 5.41) is 18.3. The summed E-state index contributed by atoms with van der Waals surface area (Å²) in [7, 11) is -1.88. The number of rotatable bonds is 6. The number of benzene rings is 4. The maximum absolute atomic E-state index is 9.17. The largest absolute Gasteiger partial charge is 0.707 e. The first-order valence-electron chi connectivity index (χ1n) is 10.4. The van der Waals surface area contributed by atoms with Gasteiger partial charge in [0.25, 0.3) is 0 Å². The van der Waals surface area contributed by atoms with Gasteiger partial charge in [-0.1, -0.05) is 91.0 Å². The highest BCUT2D eigenvalue weighted by Crippen LogP contribution is 2.42.